The zero-order chi connectivity index (χ0) is 12.8. The van der Waals surface area contributed by atoms with Crippen molar-refractivity contribution in [1.29, 1.82) is 0 Å². The highest BCUT2D eigenvalue weighted by Crippen LogP contribution is 2.20. The summed E-state index contributed by atoms with van der Waals surface area (Å²) in [6.45, 7) is 2.88. The van der Waals surface area contributed by atoms with Crippen molar-refractivity contribution in [1.82, 2.24) is 9.97 Å². The van der Waals surface area contributed by atoms with Gasteiger partial charge in [-0.15, -0.1) is 11.8 Å². The molecule has 0 saturated carbocycles. The minimum Gasteiger partial charge on any atom is -0.370 e. The monoisotopic (exact) mass is 260 g/mol. The Hall–Kier alpha value is -1.75. The second-order valence-corrected chi connectivity index (χ2v) is 4.55. The van der Waals surface area contributed by atoms with E-state index in [-0.39, 0.29) is 0 Å². The van der Waals surface area contributed by atoms with Crippen molar-refractivity contribution in [3.63, 3.8) is 0 Å². The van der Waals surface area contributed by atoms with Crippen LogP contribution in [0.15, 0.2) is 41.6 Å². The van der Waals surface area contributed by atoms with Crippen molar-refractivity contribution in [3.05, 3.63) is 36.7 Å². The highest BCUT2D eigenvalue weighted by Gasteiger charge is 1.99. The summed E-state index contributed by atoms with van der Waals surface area (Å²) in [6, 6.07) is 10.1. The normalized spacial score (nSPS) is 10.1. The van der Waals surface area contributed by atoms with Gasteiger partial charge in [0, 0.05) is 23.2 Å². The topological polar surface area (TPSA) is 49.8 Å². The second kappa shape index (κ2) is 6.26. The molecule has 0 aliphatic rings. The molecule has 94 valence electrons. The van der Waals surface area contributed by atoms with Crippen LogP contribution in [0.4, 0.5) is 17.3 Å². The Bertz CT molecular complexity index is 499. The number of thioether (sulfide) groups is 1. The van der Waals surface area contributed by atoms with Gasteiger partial charge in [-0.1, -0.05) is 0 Å². The van der Waals surface area contributed by atoms with Crippen LogP contribution in [-0.2, 0) is 0 Å². The molecule has 0 aliphatic heterocycles. The minimum absolute atomic E-state index is 0.790. The molecule has 4 nitrogen and oxygen atoms in total. The summed E-state index contributed by atoms with van der Waals surface area (Å²) in [5, 5.41) is 6.41. The molecule has 18 heavy (non-hydrogen) atoms. The summed E-state index contributed by atoms with van der Waals surface area (Å²) in [6.07, 6.45) is 3.62. The minimum atomic E-state index is 0.790. The van der Waals surface area contributed by atoms with Crippen molar-refractivity contribution >= 4 is 29.1 Å². The van der Waals surface area contributed by atoms with E-state index in [1.165, 1.54) is 4.90 Å². The first kappa shape index (κ1) is 12.7. The third kappa shape index (κ3) is 3.37. The molecule has 2 aromatic rings. The van der Waals surface area contributed by atoms with Gasteiger partial charge in [0.15, 0.2) is 0 Å². The van der Waals surface area contributed by atoms with E-state index in [0.717, 1.165) is 23.9 Å². The van der Waals surface area contributed by atoms with E-state index in [0.29, 0.717) is 0 Å². The lowest BCUT2D eigenvalue weighted by molar-refractivity contribution is 1.11. The van der Waals surface area contributed by atoms with Gasteiger partial charge in [-0.25, -0.2) is 9.97 Å². The maximum absolute atomic E-state index is 4.19. The molecule has 1 aromatic heterocycles. The SMILES string of the molecule is CCNc1cc(Nc2ccc(SC)cc2)ncn1. The van der Waals surface area contributed by atoms with E-state index < -0.39 is 0 Å². The fourth-order valence-electron chi connectivity index (χ4n) is 1.53. The fraction of sp³-hybridized carbons (Fsp3) is 0.231. The quantitative estimate of drug-likeness (QED) is 0.807. The Morgan fingerprint density at radius 3 is 2.50 bits per heavy atom. The van der Waals surface area contributed by atoms with Crippen LogP contribution in [0.3, 0.4) is 0 Å². The molecule has 2 rings (SSSR count). The first-order chi connectivity index (χ1) is 8.81. The Morgan fingerprint density at radius 2 is 1.83 bits per heavy atom. The molecule has 2 N–H and O–H groups in total. The summed E-state index contributed by atoms with van der Waals surface area (Å²) >= 11 is 1.73. The number of benzene rings is 1. The zero-order valence-corrected chi connectivity index (χ0v) is 11.3. The van der Waals surface area contributed by atoms with Crippen LogP contribution in [0.25, 0.3) is 0 Å². The number of nitrogens with zero attached hydrogens (tertiary/aromatic N) is 2. The first-order valence-corrected chi connectivity index (χ1v) is 7.01. The maximum atomic E-state index is 4.19. The van der Waals surface area contributed by atoms with Crippen molar-refractivity contribution in [2.75, 3.05) is 23.4 Å². The zero-order valence-electron chi connectivity index (χ0n) is 10.5. The van der Waals surface area contributed by atoms with Crippen LogP contribution < -0.4 is 10.6 Å². The summed E-state index contributed by atoms with van der Waals surface area (Å²) in [5.41, 5.74) is 1.02. The van der Waals surface area contributed by atoms with Crippen molar-refractivity contribution in [2.45, 2.75) is 11.8 Å². The largest absolute Gasteiger partial charge is 0.370 e. The van der Waals surface area contributed by atoms with Crippen LogP contribution in [0.5, 0.6) is 0 Å². The summed E-state index contributed by atoms with van der Waals surface area (Å²) in [7, 11) is 0. The van der Waals surface area contributed by atoms with Gasteiger partial charge < -0.3 is 10.6 Å². The van der Waals surface area contributed by atoms with Gasteiger partial charge in [0.2, 0.25) is 0 Å². The van der Waals surface area contributed by atoms with E-state index >= 15 is 0 Å². The van der Waals surface area contributed by atoms with Crippen molar-refractivity contribution < 1.29 is 0 Å². The molecule has 0 spiro atoms. The summed E-state index contributed by atoms with van der Waals surface area (Å²) in [5.74, 6) is 1.62. The lowest BCUT2D eigenvalue weighted by Gasteiger charge is -2.07. The lowest BCUT2D eigenvalue weighted by Crippen LogP contribution is -2.01. The number of rotatable bonds is 5. The first-order valence-electron chi connectivity index (χ1n) is 5.79. The van der Waals surface area contributed by atoms with E-state index in [9.17, 15) is 0 Å². The number of nitrogens with one attached hydrogen (secondary N) is 2. The number of hydrogen-bond donors (Lipinski definition) is 2. The predicted octanol–water partition coefficient (Wildman–Crippen LogP) is 3.37. The molecular formula is C13H16N4S. The highest BCUT2D eigenvalue weighted by atomic mass is 32.2. The molecular weight excluding hydrogens is 244 g/mol. The van der Waals surface area contributed by atoms with Crippen molar-refractivity contribution in [3.8, 4) is 0 Å². The van der Waals surface area contributed by atoms with Gasteiger partial charge in [-0.3, -0.25) is 0 Å². The van der Waals surface area contributed by atoms with E-state index in [2.05, 4.69) is 39.0 Å². The number of aromatic nitrogens is 2. The molecule has 0 radical (unpaired) electrons. The van der Waals surface area contributed by atoms with Crippen molar-refractivity contribution in [2.24, 2.45) is 0 Å². The van der Waals surface area contributed by atoms with Gasteiger partial charge in [0.1, 0.15) is 18.0 Å². The van der Waals surface area contributed by atoms with Gasteiger partial charge >= 0.3 is 0 Å². The number of anilines is 3. The Morgan fingerprint density at radius 1 is 1.11 bits per heavy atom. The van der Waals surface area contributed by atoms with E-state index in [1.807, 2.05) is 25.1 Å². The molecule has 0 atom stereocenters. The molecule has 0 saturated heterocycles. The van der Waals surface area contributed by atoms with Crippen LogP contribution in [-0.4, -0.2) is 22.8 Å². The average Bonchev–Trinajstić information content (AvgIpc) is 2.40. The third-order valence-corrected chi connectivity index (χ3v) is 3.13. The van der Waals surface area contributed by atoms with Crippen LogP contribution >= 0.6 is 11.8 Å². The highest BCUT2D eigenvalue weighted by molar-refractivity contribution is 7.98. The number of hydrogen-bond acceptors (Lipinski definition) is 5. The van der Waals surface area contributed by atoms with E-state index in [1.54, 1.807) is 18.1 Å². The van der Waals surface area contributed by atoms with Crippen LogP contribution in [0, 0.1) is 0 Å². The average molecular weight is 260 g/mol. The van der Waals surface area contributed by atoms with Gasteiger partial charge in [0.25, 0.3) is 0 Å². The molecule has 1 aromatic carbocycles. The molecule has 5 heteroatoms. The summed E-state index contributed by atoms with van der Waals surface area (Å²) < 4.78 is 0. The lowest BCUT2D eigenvalue weighted by atomic mass is 10.3. The Labute approximate surface area is 111 Å². The Balaban J connectivity index is 2.09. The summed E-state index contributed by atoms with van der Waals surface area (Å²) in [4.78, 5) is 9.57. The molecule has 1 heterocycles. The van der Waals surface area contributed by atoms with Gasteiger partial charge in [0.05, 0.1) is 0 Å². The molecule has 0 fully saturated rings. The van der Waals surface area contributed by atoms with Crippen LogP contribution in [0.1, 0.15) is 6.92 Å². The Kier molecular flexibility index (Phi) is 4.41. The predicted molar refractivity (Wildman–Crippen MR) is 77.7 cm³/mol. The van der Waals surface area contributed by atoms with Gasteiger partial charge in [-0.05, 0) is 37.4 Å². The molecule has 0 unspecified atom stereocenters. The molecule has 0 amide bonds. The third-order valence-electron chi connectivity index (χ3n) is 2.39. The fourth-order valence-corrected chi connectivity index (χ4v) is 1.93. The standard InChI is InChI=1S/C13H16N4S/c1-3-14-12-8-13(16-9-15-12)17-10-4-6-11(18-2)7-5-10/h4-9H,3H2,1-2H3,(H2,14,15,16,17). The second-order valence-electron chi connectivity index (χ2n) is 3.67. The smallest absolute Gasteiger partial charge is 0.135 e. The maximum Gasteiger partial charge on any atom is 0.135 e. The molecule has 0 bridgehead atoms. The molecule has 0 aliphatic carbocycles. The van der Waals surface area contributed by atoms with E-state index in [4.69, 9.17) is 0 Å². The van der Waals surface area contributed by atoms with Gasteiger partial charge in [-0.2, -0.15) is 0 Å². The van der Waals surface area contributed by atoms with Crippen LogP contribution in [0.2, 0.25) is 0 Å².